The van der Waals surface area contributed by atoms with Gasteiger partial charge in [-0.3, -0.25) is 14.6 Å². The van der Waals surface area contributed by atoms with E-state index in [1.54, 1.807) is 24.3 Å². The summed E-state index contributed by atoms with van der Waals surface area (Å²) in [4.78, 5) is 38.0. The number of benzene rings is 1. The first kappa shape index (κ1) is 11.6. The average molecular weight is 246 g/mol. The molecule has 2 rings (SSSR count). The monoisotopic (exact) mass is 246 g/mol. The summed E-state index contributed by atoms with van der Waals surface area (Å²) in [6, 6.07) is 7.54. The maximum atomic E-state index is 11.8. The Morgan fingerprint density at radius 2 is 1.94 bits per heavy atom. The number of rotatable bonds is 2. The molecule has 92 valence electrons. The Morgan fingerprint density at radius 3 is 2.61 bits per heavy atom. The first-order valence-corrected chi connectivity index (χ1v) is 5.05. The van der Waals surface area contributed by atoms with Crippen LogP contribution >= 0.6 is 0 Å². The van der Waals surface area contributed by atoms with Crippen molar-refractivity contribution in [3.05, 3.63) is 56.9 Å². The van der Waals surface area contributed by atoms with Crippen LogP contribution in [0.4, 0.5) is 11.4 Å². The maximum Gasteiger partial charge on any atom is 0.326 e. The highest BCUT2D eigenvalue weighted by Crippen LogP contribution is 2.12. The molecule has 0 unspecified atom stereocenters. The lowest BCUT2D eigenvalue weighted by Crippen LogP contribution is -2.27. The van der Waals surface area contributed by atoms with Gasteiger partial charge in [0.2, 0.25) is 0 Å². The van der Waals surface area contributed by atoms with Crippen molar-refractivity contribution in [3.63, 3.8) is 0 Å². The van der Waals surface area contributed by atoms with Crippen LogP contribution in [0.3, 0.4) is 0 Å². The lowest BCUT2D eigenvalue weighted by Gasteiger charge is -2.05. The second-order valence-electron chi connectivity index (χ2n) is 3.58. The second kappa shape index (κ2) is 4.58. The molecule has 1 heterocycles. The fourth-order valence-electron chi connectivity index (χ4n) is 1.41. The summed E-state index contributed by atoms with van der Waals surface area (Å²) in [5, 5.41) is 2.51. The number of H-pyrrole nitrogens is 2. The molecule has 0 bridgehead atoms. The summed E-state index contributed by atoms with van der Waals surface area (Å²) in [6.45, 7) is 0. The summed E-state index contributed by atoms with van der Waals surface area (Å²) in [5.41, 5.74) is 5.03. The van der Waals surface area contributed by atoms with Crippen LogP contribution in [0.25, 0.3) is 0 Å². The van der Waals surface area contributed by atoms with Gasteiger partial charge in [-0.15, -0.1) is 0 Å². The molecule has 1 aromatic heterocycles. The molecule has 7 heteroatoms. The van der Waals surface area contributed by atoms with Crippen LogP contribution in [-0.2, 0) is 0 Å². The molecule has 0 fully saturated rings. The Labute approximate surface area is 101 Å². The van der Waals surface area contributed by atoms with Crippen LogP contribution in [0, 0.1) is 0 Å². The fraction of sp³-hybridized carbons (Fsp3) is 0. The van der Waals surface area contributed by atoms with E-state index in [0.717, 1.165) is 6.07 Å². The van der Waals surface area contributed by atoms with Crippen molar-refractivity contribution in [2.24, 2.45) is 0 Å². The van der Waals surface area contributed by atoms with Gasteiger partial charge in [-0.25, -0.2) is 4.79 Å². The Bertz CT molecular complexity index is 673. The smallest absolute Gasteiger partial charge is 0.326 e. The number of anilines is 2. The highest BCUT2D eigenvalue weighted by atomic mass is 16.2. The third-order valence-corrected chi connectivity index (χ3v) is 2.15. The van der Waals surface area contributed by atoms with Crippen molar-refractivity contribution in [2.45, 2.75) is 0 Å². The highest BCUT2D eigenvalue weighted by Gasteiger charge is 2.08. The number of carbonyl (C=O) groups is 1. The van der Waals surface area contributed by atoms with Gasteiger partial charge in [0.05, 0.1) is 0 Å². The number of nitrogens with one attached hydrogen (secondary N) is 3. The maximum absolute atomic E-state index is 11.8. The second-order valence-corrected chi connectivity index (χ2v) is 3.58. The molecule has 0 aliphatic carbocycles. The normalized spacial score (nSPS) is 10.0. The Kier molecular flexibility index (Phi) is 2.96. The summed E-state index contributed by atoms with van der Waals surface area (Å²) in [7, 11) is 0. The number of nitrogen functional groups attached to an aromatic ring is 1. The summed E-state index contributed by atoms with van der Waals surface area (Å²) in [5.74, 6) is -0.594. The van der Waals surface area contributed by atoms with E-state index in [4.69, 9.17) is 5.73 Å². The van der Waals surface area contributed by atoms with Crippen molar-refractivity contribution < 1.29 is 4.79 Å². The third kappa shape index (κ3) is 2.64. The predicted octanol–water partition coefficient (Wildman–Crippen LogP) is -0.102. The van der Waals surface area contributed by atoms with E-state index in [2.05, 4.69) is 10.3 Å². The zero-order chi connectivity index (χ0) is 13.1. The molecule has 1 aromatic carbocycles. The van der Waals surface area contributed by atoms with Crippen molar-refractivity contribution in [1.29, 1.82) is 0 Å². The number of hydrogen-bond donors (Lipinski definition) is 4. The topological polar surface area (TPSA) is 121 Å². The van der Waals surface area contributed by atoms with E-state index >= 15 is 0 Å². The SMILES string of the molecule is Nc1cccc(NC(=O)c2cc(=O)[nH]c(=O)[nH]2)c1. The lowest BCUT2D eigenvalue weighted by atomic mass is 10.2. The Balaban J connectivity index is 2.27. The molecule has 0 saturated heterocycles. The van der Waals surface area contributed by atoms with Crippen LogP contribution in [0.2, 0.25) is 0 Å². The van der Waals surface area contributed by atoms with E-state index in [1.807, 2.05) is 4.98 Å². The quantitative estimate of drug-likeness (QED) is 0.553. The zero-order valence-corrected chi connectivity index (χ0v) is 9.19. The molecule has 18 heavy (non-hydrogen) atoms. The van der Waals surface area contributed by atoms with Gasteiger partial charge in [0.15, 0.2) is 0 Å². The highest BCUT2D eigenvalue weighted by molar-refractivity contribution is 6.02. The molecular weight excluding hydrogens is 236 g/mol. The molecule has 0 radical (unpaired) electrons. The number of hydrogen-bond acceptors (Lipinski definition) is 4. The third-order valence-electron chi connectivity index (χ3n) is 2.15. The van der Waals surface area contributed by atoms with Gasteiger partial charge in [-0.1, -0.05) is 6.07 Å². The van der Waals surface area contributed by atoms with Gasteiger partial charge in [0.1, 0.15) is 5.69 Å². The number of amides is 1. The zero-order valence-electron chi connectivity index (χ0n) is 9.19. The van der Waals surface area contributed by atoms with Crippen LogP contribution in [0.1, 0.15) is 10.5 Å². The Hall–Kier alpha value is -2.83. The summed E-state index contributed by atoms with van der Waals surface area (Å²) < 4.78 is 0. The van der Waals surface area contributed by atoms with Gasteiger partial charge in [0, 0.05) is 17.4 Å². The molecule has 0 spiro atoms. The molecule has 5 N–H and O–H groups in total. The van der Waals surface area contributed by atoms with Gasteiger partial charge in [-0.05, 0) is 18.2 Å². The molecular formula is C11H10N4O3. The van der Waals surface area contributed by atoms with Gasteiger partial charge >= 0.3 is 5.69 Å². The molecule has 0 atom stereocenters. The van der Waals surface area contributed by atoms with Crippen molar-refractivity contribution in [1.82, 2.24) is 9.97 Å². The molecule has 2 aromatic rings. The largest absolute Gasteiger partial charge is 0.399 e. The minimum atomic E-state index is -0.736. The van der Waals surface area contributed by atoms with E-state index < -0.39 is 17.2 Å². The van der Waals surface area contributed by atoms with E-state index in [0.29, 0.717) is 11.4 Å². The number of carbonyl (C=O) groups excluding carboxylic acids is 1. The van der Waals surface area contributed by atoms with E-state index in [9.17, 15) is 14.4 Å². The first-order chi connectivity index (χ1) is 8.54. The number of aromatic nitrogens is 2. The first-order valence-electron chi connectivity index (χ1n) is 5.05. The van der Waals surface area contributed by atoms with Crippen LogP contribution < -0.4 is 22.3 Å². The number of aromatic amines is 2. The minimum absolute atomic E-state index is 0.119. The molecule has 0 saturated carbocycles. The summed E-state index contributed by atoms with van der Waals surface area (Å²) >= 11 is 0. The Morgan fingerprint density at radius 1 is 1.17 bits per heavy atom. The van der Waals surface area contributed by atoms with Gasteiger partial charge in [-0.2, -0.15) is 0 Å². The van der Waals surface area contributed by atoms with Crippen LogP contribution in [0.15, 0.2) is 39.9 Å². The molecule has 1 amide bonds. The van der Waals surface area contributed by atoms with Gasteiger partial charge < -0.3 is 16.0 Å². The van der Waals surface area contributed by atoms with Crippen LogP contribution in [-0.4, -0.2) is 15.9 Å². The van der Waals surface area contributed by atoms with E-state index in [1.165, 1.54) is 0 Å². The van der Waals surface area contributed by atoms with E-state index in [-0.39, 0.29) is 5.69 Å². The molecule has 0 aliphatic rings. The van der Waals surface area contributed by atoms with Crippen molar-refractivity contribution >= 4 is 17.3 Å². The number of nitrogens with two attached hydrogens (primary N) is 1. The van der Waals surface area contributed by atoms with Crippen molar-refractivity contribution in [3.8, 4) is 0 Å². The lowest BCUT2D eigenvalue weighted by molar-refractivity contribution is 0.102. The summed E-state index contributed by atoms with van der Waals surface area (Å²) in [6.07, 6.45) is 0. The minimum Gasteiger partial charge on any atom is -0.399 e. The predicted molar refractivity (Wildman–Crippen MR) is 66.5 cm³/mol. The molecule has 7 nitrogen and oxygen atoms in total. The van der Waals surface area contributed by atoms with Crippen molar-refractivity contribution in [2.75, 3.05) is 11.1 Å². The standard InChI is InChI=1S/C11H10N4O3/c12-6-2-1-3-7(4-6)13-10(17)8-5-9(16)15-11(18)14-8/h1-5H,12H2,(H,13,17)(H2,14,15,16,18). The average Bonchev–Trinajstić information content (AvgIpc) is 2.27. The fourth-order valence-corrected chi connectivity index (χ4v) is 1.41. The van der Waals surface area contributed by atoms with Crippen LogP contribution in [0.5, 0.6) is 0 Å². The molecule has 0 aliphatic heterocycles. The van der Waals surface area contributed by atoms with Gasteiger partial charge in [0.25, 0.3) is 11.5 Å².